The summed E-state index contributed by atoms with van der Waals surface area (Å²) in [6, 6.07) is 9.67. The van der Waals surface area contributed by atoms with Crippen LogP contribution in [0.2, 0.25) is 0 Å². The van der Waals surface area contributed by atoms with Crippen molar-refractivity contribution in [3.63, 3.8) is 0 Å². The van der Waals surface area contributed by atoms with Crippen LogP contribution in [-0.4, -0.2) is 18.3 Å². The third-order valence-electron chi connectivity index (χ3n) is 4.29. The second-order valence-electron chi connectivity index (χ2n) is 5.47. The van der Waals surface area contributed by atoms with Crippen molar-refractivity contribution in [3.05, 3.63) is 29.8 Å². The SMILES string of the molecule is CC1CCCC1NCC1CSc2ccccc21. The van der Waals surface area contributed by atoms with E-state index in [0.717, 1.165) is 17.9 Å². The van der Waals surface area contributed by atoms with Gasteiger partial charge in [0.1, 0.15) is 0 Å². The number of thioether (sulfide) groups is 1. The molecule has 1 nitrogen and oxygen atoms in total. The molecule has 1 N–H and O–H groups in total. The fraction of sp³-hybridized carbons (Fsp3) is 0.600. The highest BCUT2D eigenvalue weighted by Gasteiger charge is 2.26. The molecule has 92 valence electrons. The summed E-state index contributed by atoms with van der Waals surface area (Å²) in [6.45, 7) is 3.56. The van der Waals surface area contributed by atoms with Gasteiger partial charge in [0.2, 0.25) is 0 Å². The molecular formula is C15H21NS. The molecule has 1 aromatic carbocycles. The molecule has 0 radical (unpaired) electrons. The summed E-state index contributed by atoms with van der Waals surface area (Å²) < 4.78 is 0. The predicted octanol–water partition coefficient (Wildman–Crippen LogP) is 3.65. The molecule has 1 heterocycles. The zero-order valence-electron chi connectivity index (χ0n) is 10.5. The third kappa shape index (κ3) is 2.38. The maximum atomic E-state index is 3.80. The molecule has 3 rings (SSSR count). The van der Waals surface area contributed by atoms with Crippen molar-refractivity contribution in [2.75, 3.05) is 12.3 Å². The van der Waals surface area contributed by atoms with E-state index in [-0.39, 0.29) is 0 Å². The molecule has 2 aliphatic rings. The van der Waals surface area contributed by atoms with Gasteiger partial charge in [0.25, 0.3) is 0 Å². The average Bonchev–Trinajstić information content (AvgIpc) is 2.93. The molecule has 0 saturated heterocycles. The molecule has 0 amide bonds. The second kappa shape index (κ2) is 5.03. The van der Waals surface area contributed by atoms with Crippen molar-refractivity contribution in [1.29, 1.82) is 0 Å². The number of rotatable bonds is 3. The molecule has 0 bridgehead atoms. The topological polar surface area (TPSA) is 12.0 Å². The van der Waals surface area contributed by atoms with Crippen molar-refractivity contribution >= 4 is 11.8 Å². The Morgan fingerprint density at radius 2 is 2.18 bits per heavy atom. The minimum atomic E-state index is 0.726. The molecule has 0 spiro atoms. The largest absolute Gasteiger partial charge is 0.313 e. The fourth-order valence-corrected chi connectivity index (χ4v) is 4.39. The first-order chi connectivity index (χ1) is 8.34. The van der Waals surface area contributed by atoms with Crippen LogP contribution in [-0.2, 0) is 0 Å². The van der Waals surface area contributed by atoms with Gasteiger partial charge in [0.05, 0.1) is 0 Å². The predicted molar refractivity (Wildman–Crippen MR) is 74.7 cm³/mol. The normalized spacial score (nSPS) is 31.7. The van der Waals surface area contributed by atoms with E-state index in [1.54, 1.807) is 5.56 Å². The third-order valence-corrected chi connectivity index (χ3v) is 5.54. The van der Waals surface area contributed by atoms with Crippen molar-refractivity contribution in [2.24, 2.45) is 5.92 Å². The van der Waals surface area contributed by atoms with Crippen molar-refractivity contribution in [2.45, 2.75) is 43.0 Å². The standard InChI is InChI=1S/C15H21NS/c1-11-5-4-7-14(11)16-9-12-10-17-15-8-3-2-6-13(12)15/h2-3,6,8,11-12,14,16H,4-5,7,9-10H2,1H3. The van der Waals surface area contributed by atoms with E-state index in [1.807, 2.05) is 11.8 Å². The summed E-state index contributed by atoms with van der Waals surface area (Å²) in [5, 5.41) is 3.80. The minimum Gasteiger partial charge on any atom is -0.313 e. The molecule has 3 unspecified atom stereocenters. The molecule has 3 atom stereocenters. The van der Waals surface area contributed by atoms with Gasteiger partial charge in [-0.15, -0.1) is 11.8 Å². The van der Waals surface area contributed by atoms with Gasteiger partial charge in [-0.1, -0.05) is 31.5 Å². The van der Waals surface area contributed by atoms with E-state index >= 15 is 0 Å². The first kappa shape index (κ1) is 11.6. The molecule has 1 aromatic rings. The van der Waals surface area contributed by atoms with Gasteiger partial charge in [-0.2, -0.15) is 0 Å². The molecule has 17 heavy (non-hydrogen) atoms. The van der Waals surface area contributed by atoms with E-state index in [2.05, 4.69) is 36.5 Å². The van der Waals surface area contributed by atoms with E-state index in [1.165, 1.54) is 36.5 Å². The monoisotopic (exact) mass is 247 g/mol. The number of fused-ring (bicyclic) bond motifs is 1. The van der Waals surface area contributed by atoms with Crippen LogP contribution in [0.15, 0.2) is 29.2 Å². The average molecular weight is 247 g/mol. The summed E-state index contributed by atoms with van der Waals surface area (Å²) >= 11 is 2.02. The van der Waals surface area contributed by atoms with Crippen LogP contribution in [0.4, 0.5) is 0 Å². The van der Waals surface area contributed by atoms with Gasteiger partial charge < -0.3 is 5.32 Å². The van der Waals surface area contributed by atoms with Crippen LogP contribution < -0.4 is 5.32 Å². The minimum absolute atomic E-state index is 0.726. The van der Waals surface area contributed by atoms with Crippen LogP contribution in [0, 0.1) is 5.92 Å². The van der Waals surface area contributed by atoms with Crippen molar-refractivity contribution in [1.82, 2.24) is 5.32 Å². The van der Waals surface area contributed by atoms with Crippen molar-refractivity contribution in [3.8, 4) is 0 Å². The lowest BCUT2D eigenvalue weighted by molar-refractivity contribution is 0.418. The van der Waals surface area contributed by atoms with Crippen LogP contribution >= 0.6 is 11.8 Å². The quantitative estimate of drug-likeness (QED) is 0.875. The maximum absolute atomic E-state index is 3.80. The molecule has 1 aliphatic carbocycles. The first-order valence-corrected chi connectivity index (χ1v) is 7.78. The van der Waals surface area contributed by atoms with Gasteiger partial charge in [-0.3, -0.25) is 0 Å². The van der Waals surface area contributed by atoms with Gasteiger partial charge >= 0.3 is 0 Å². The van der Waals surface area contributed by atoms with E-state index in [9.17, 15) is 0 Å². The second-order valence-corrected chi connectivity index (χ2v) is 6.53. The number of benzene rings is 1. The number of nitrogens with one attached hydrogen (secondary N) is 1. The summed E-state index contributed by atoms with van der Waals surface area (Å²) in [4.78, 5) is 1.50. The number of hydrogen-bond donors (Lipinski definition) is 1. The van der Waals surface area contributed by atoms with Gasteiger partial charge in [-0.25, -0.2) is 0 Å². The molecule has 1 aliphatic heterocycles. The zero-order chi connectivity index (χ0) is 11.7. The summed E-state index contributed by atoms with van der Waals surface area (Å²) in [6.07, 6.45) is 4.20. The lowest BCUT2D eigenvalue weighted by atomic mass is 10.00. The highest BCUT2D eigenvalue weighted by molar-refractivity contribution is 7.99. The van der Waals surface area contributed by atoms with E-state index < -0.39 is 0 Å². The Morgan fingerprint density at radius 1 is 1.29 bits per heavy atom. The lowest BCUT2D eigenvalue weighted by Gasteiger charge is -2.20. The van der Waals surface area contributed by atoms with Gasteiger partial charge in [-0.05, 0) is 30.4 Å². The Kier molecular flexibility index (Phi) is 3.44. The van der Waals surface area contributed by atoms with Gasteiger partial charge in [0, 0.05) is 29.2 Å². The highest BCUT2D eigenvalue weighted by atomic mass is 32.2. The van der Waals surface area contributed by atoms with Gasteiger partial charge in [0.15, 0.2) is 0 Å². The molecule has 2 heteroatoms. The van der Waals surface area contributed by atoms with Crippen LogP contribution in [0.25, 0.3) is 0 Å². The zero-order valence-corrected chi connectivity index (χ0v) is 11.3. The van der Waals surface area contributed by atoms with Crippen LogP contribution in [0.3, 0.4) is 0 Å². The van der Waals surface area contributed by atoms with Crippen LogP contribution in [0.5, 0.6) is 0 Å². The van der Waals surface area contributed by atoms with E-state index in [0.29, 0.717) is 0 Å². The first-order valence-electron chi connectivity index (χ1n) is 6.79. The molecule has 0 aromatic heterocycles. The smallest absolute Gasteiger partial charge is 0.0108 e. The summed E-state index contributed by atoms with van der Waals surface area (Å²) in [7, 11) is 0. The Labute approximate surface area is 108 Å². The Bertz CT molecular complexity index is 390. The Morgan fingerprint density at radius 3 is 3.00 bits per heavy atom. The molecule has 1 fully saturated rings. The highest BCUT2D eigenvalue weighted by Crippen LogP contribution is 2.39. The lowest BCUT2D eigenvalue weighted by Crippen LogP contribution is -2.34. The Balaban J connectivity index is 1.60. The summed E-state index contributed by atoms with van der Waals surface area (Å²) in [5.41, 5.74) is 1.57. The molecular weight excluding hydrogens is 226 g/mol. The maximum Gasteiger partial charge on any atom is 0.0108 e. The van der Waals surface area contributed by atoms with E-state index in [4.69, 9.17) is 0 Å². The molecule has 1 saturated carbocycles. The van der Waals surface area contributed by atoms with Crippen molar-refractivity contribution < 1.29 is 0 Å². The number of hydrogen-bond acceptors (Lipinski definition) is 2. The summed E-state index contributed by atoms with van der Waals surface area (Å²) in [5.74, 6) is 2.86. The fourth-order valence-electron chi connectivity index (χ4n) is 3.14. The Hall–Kier alpha value is -0.470. The van der Waals surface area contributed by atoms with Crippen LogP contribution in [0.1, 0.15) is 37.7 Å².